The molecule has 5 rings (SSSR count). The smallest absolute Gasteiger partial charge is 0.406 e. The van der Waals surface area contributed by atoms with Crippen LogP contribution in [0.4, 0.5) is 22.0 Å². The number of halogens is 5. The number of hydrogen-bond acceptors (Lipinski definition) is 6. The minimum Gasteiger partial charge on any atom is -0.406 e. The quantitative estimate of drug-likeness (QED) is 0.193. The highest BCUT2D eigenvalue weighted by Crippen LogP contribution is 2.33. The fourth-order valence-electron chi connectivity index (χ4n) is 4.40. The Bertz CT molecular complexity index is 1880. The van der Waals surface area contributed by atoms with Crippen LogP contribution in [0.15, 0.2) is 84.0 Å². The Labute approximate surface area is 242 Å². The topological polar surface area (TPSA) is 95.1 Å². The number of imidazole rings is 1. The number of alkyl halides is 5. The summed E-state index contributed by atoms with van der Waals surface area (Å²) in [6.07, 6.45) is -5.08. The molecular formula is C28H23F5N6O3S. The first-order valence-electron chi connectivity index (χ1n) is 12.5. The van der Waals surface area contributed by atoms with Crippen molar-refractivity contribution >= 4 is 10.0 Å². The molecule has 0 saturated carbocycles. The molecule has 0 radical (unpaired) electrons. The molecule has 0 aliphatic carbocycles. The third kappa shape index (κ3) is 6.12. The summed E-state index contributed by atoms with van der Waals surface area (Å²) < 4.78 is 98.5. The highest BCUT2D eigenvalue weighted by Gasteiger charge is 2.31. The number of hydrogen-bond donors (Lipinski definition) is 0. The summed E-state index contributed by atoms with van der Waals surface area (Å²) in [6, 6.07) is 16.4. The van der Waals surface area contributed by atoms with Gasteiger partial charge in [0.05, 0.1) is 28.2 Å². The number of benzene rings is 3. The molecule has 0 saturated heterocycles. The Morgan fingerprint density at radius 3 is 2.21 bits per heavy atom. The average Bonchev–Trinajstić information content (AvgIpc) is 3.59. The third-order valence-electron chi connectivity index (χ3n) is 6.47. The molecule has 0 fully saturated rings. The van der Waals surface area contributed by atoms with Gasteiger partial charge in [-0.25, -0.2) is 31.2 Å². The number of ether oxygens (including phenoxy) is 1. The first kappa shape index (κ1) is 29.8. The van der Waals surface area contributed by atoms with Crippen LogP contribution >= 0.6 is 0 Å². The van der Waals surface area contributed by atoms with Gasteiger partial charge in [-0.1, -0.05) is 23.4 Å². The summed E-state index contributed by atoms with van der Waals surface area (Å²) >= 11 is 0. The monoisotopic (exact) mass is 618 g/mol. The van der Waals surface area contributed by atoms with Crippen molar-refractivity contribution in [2.45, 2.75) is 24.6 Å². The summed E-state index contributed by atoms with van der Waals surface area (Å²) in [5.41, 5.74) is 2.22. The molecule has 224 valence electrons. The summed E-state index contributed by atoms with van der Waals surface area (Å²) in [6.45, 7) is 1.56. The van der Waals surface area contributed by atoms with Crippen molar-refractivity contribution in [2.24, 2.45) is 0 Å². The van der Waals surface area contributed by atoms with E-state index in [2.05, 4.69) is 20.0 Å². The Kier molecular flexibility index (Phi) is 7.79. The van der Waals surface area contributed by atoms with Gasteiger partial charge in [-0.2, -0.15) is 0 Å². The predicted molar refractivity (Wildman–Crippen MR) is 147 cm³/mol. The molecule has 5 aromatic rings. The lowest BCUT2D eigenvalue weighted by molar-refractivity contribution is -0.274. The maximum atomic E-state index is 13.5. The van der Waals surface area contributed by atoms with E-state index in [1.54, 1.807) is 37.3 Å². The summed E-state index contributed by atoms with van der Waals surface area (Å²) in [5, 5.41) is 8.18. The Morgan fingerprint density at radius 1 is 0.907 bits per heavy atom. The van der Waals surface area contributed by atoms with Crippen LogP contribution in [-0.2, 0) is 10.0 Å². The van der Waals surface area contributed by atoms with E-state index in [-0.39, 0.29) is 10.7 Å². The van der Waals surface area contributed by atoms with E-state index in [1.165, 1.54) is 60.0 Å². The lowest BCUT2D eigenvalue weighted by Gasteiger charge is -2.17. The maximum absolute atomic E-state index is 13.5. The van der Waals surface area contributed by atoms with Crippen LogP contribution in [0.5, 0.6) is 5.75 Å². The molecule has 0 bridgehead atoms. The van der Waals surface area contributed by atoms with Gasteiger partial charge in [-0.15, -0.1) is 18.3 Å². The first-order valence-corrected chi connectivity index (χ1v) is 14.0. The molecule has 0 N–H and O–H groups in total. The van der Waals surface area contributed by atoms with Crippen molar-refractivity contribution in [3.05, 3.63) is 90.6 Å². The number of nitrogens with zero attached hydrogens (tertiary/aromatic N) is 6. The molecule has 0 atom stereocenters. The average molecular weight is 619 g/mol. The summed E-state index contributed by atoms with van der Waals surface area (Å²) in [7, 11) is -0.898. The molecule has 0 aliphatic rings. The van der Waals surface area contributed by atoms with Crippen LogP contribution in [0.2, 0.25) is 0 Å². The summed E-state index contributed by atoms with van der Waals surface area (Å²) in [4.78, 5) is 4.02. The first-order chi connectivity index (χ1) is 20.2. The zero-order valence-corrected chi connectivity index (χ0v) is 23.6. The fourth-order valence-corrected chi connectivity index (χ4v) is 5.35. The zero-order valence-electron chi connectivity index (χ0n) is 22.8. The van der Waals surface area contributed by atoms with Gasteiger partial charge in [0, 0.05) is 25.9 Å². The van der Waals surface area contributed by atoms with Crippen LogP contribution < -0.4 is 4.74 Å². The molecule has 2 heterocycles. The van der Waals surface area contributed by atoms with Crippen molar-refractivity contribution in [3.63, 3.8) is 0 Å². The van der Waals surface area contributed by atoms with Crippen LogP contribution in [0.3, 0.4) is 0 Å². The second kappa shape index (κ2) is 11.2. The molecule has 2 aromatic heterocycles. The van der Waals surface area contributed by atoms with Crippen molar-refractivity contribution in [3.8, 4) is 39.5 Å². The van der Waals surface area contributed by atoms with Gasteiger partial charge in [-0.3, -0.25) is 0 Å². The van der Waals surface area contributed by atoms with E-state index >= 15 is 0 Å². The zero-order chi connectivity index (χ0) is 31.1. The molecule has 0 amide bonds. The lowest BCUT2D eigenvalue weighted by atomic mass is 10.0. The van der Waals surface area contributed by atoms with E-state index in [1.807, 2.05) is 0 Å². The Morgan fingerprint density at radius 2 is 1.58 bits per heavy atom. The van der Waals surface area contributed by atoms with Gasteiger partial charge in [0.2, 0.25) is 10.0 Å². The maximum Gasteiger partial charge on any atom is 0.573 e. The highest BCUT2D eigenvalue weighted by atomic mass is 32.2. The van der Waals surface area contributed by atoms with Crippen molar-refractivity contribution in [2.75, 3.05) is 14.1 Å². The highest BCUT2D eigenvalue weighted by molar-refractivity contribution is 7.89. The van der Waals surface area contributed by atoms with Crippen LogP contribution in [-0.4, -0.2) is 57.7 Å². The predicted octanol–water partition coefficient (Wildman–Crippen LogP) is 6.18. The number of aromatic nitrogens is 5. The minimum atomic E-state index is -4.86. The standard InChI is InChI=1S/C28H23F5N6O3S/c1-17-35-23(27(29)30)16-38(17)24-12-9-20(19-5-4-6-22(13-19)43(40,41)37(2)3)14-25(24)39-26(15-34-36-39)18-7-10-21(11-8-18)42-28(31,32)33/h4-16,27H,1-3H3. The van der Waals surface area contributed by atoms with Gasteiger partial charge in [0.1, 0.15) is 17.3 Å². The molecule has 3 aromatic carbocycles. The molecule has 43 heavy (non-hydrogen) atoms. The van der Waals surface area contributed by atoms with Crippen LogP contribution in [0, 0.1) is 6.92 Å². The van der Waals surface area contributed by atoms with Crippen LogP contribution in [0.25, 0.3) is 33.8 Å². The van der Waals surface area contributed by atoms with E-state index < -0.39 is 34.3 Å². The van der Waals surface area contributed by atoms with E-state index in [9.17, 15) is 30.4 Å². The fraction of sp³-hybridized carbons (Fsp3) is 0.179. The van der Waals surface area contributed by atoms with Gasteiger partial charge >= 0.3 is 6.36 Å². The normalized spacial score (nSPS) is 12.3. The van der Waals surface area contributed by atoms with E-state index in [4.69, 9.17) is 0 Å². The molecule has 0 unspecified atom stereocenters. The molecular weight excluding hydrogens is 595 g/mol. The molecule has 0 spiro atoms. The van der Waals surface area contributed by atoms with Gasteiger partial charge in [0.25, 0.3) is 6.43 Å². The van der Waals surface area contributed by atoms with Gasteiger partial charge < -0.3 is 9.30 Å². The molecule has 15 heteroatoms. The van der Waals surface area contributed by atoms with E-state index in [0.29, 0.717) is 33.8 Å². The minimum absolute atomic E-state index is 0.0651. The summed E-state index contributed by atoms with van der Waals surface area (Å²) in [5.74, 6) is -0.155. The second-order valence-electron chi connectivity index (χ2n) is 9.51. The Hall–Kier alpha value is -4.63. The third-order valence-corrected chi connectivity index (χ3v) is 8.28. The number of aryl methyl sites for hydroxylation is 1. The van der Waals surface area contributed by atoms with Gasteiger partial charge in [-0.05, 0) is 66.6 Å². The number of rotatable bonds is 8. The van der Waals surface area contributed by atoms with Crippen LogP contribution in [0.1, 0.15) is 17.9 Å². The second-order valence-corrected chi connectivity index (χ2v) is 11.7. The Balaban J connectivity index is 1.67. The van der Waals surface area contributed by atoms with Crippen molar-refractivity contribution < 1.29 is 35.1 Å². The molecule has 0 aliphatic heterocycles. The van der Waals surface area contributed by atoms with E-state index in [0.717, 1.165) is 16.4 Å². The van der Waals surface area contributed by atoms with Crippen molar-refractivity contribution in [1.82, 2.24) is 28.9 Å². The van der Waals surface area contributed by atoms with Gasteiger partial charge in [0.15, 0.2) is 0 Å². The SMILES string of the molecule is Cc1nc(C(F)F)cn1-c1ccc(-c2cccc(S(=O)(=O)N(C)C)c2)cc1-n1nncc1-c1ccc(OC(F)(F)F)cc1. The van der Waals surface area contributed by atoms with Crippen molar-refractivity contribution in [1.29, 1.82) is 0 Å². The largest absolute Gasteiger partial charge is 0.573 e. The lowest BCUT2D eigenvalue weighted by Crippen LogP contribution is -2.22. The molecule has 9 nitrogen and oxygen atoms in total. The number of sulfonamides is 1.